The molecule has 0 N–H and O–H groups in total. The molecule has 0 aliphatic carbocycles. The standard InChI is InChI=1S/C24H26O2/c1-17(2)9-8-10-18(3)24(25)26-16-23-21-13-6-4-11-19(21)15-20-12-5-7-14-22(20)23/h4-7,11-15,18H,1,8-10,16H2,2-3H3/t18-/m0/s1. The molecule has 3 aromatic carbocycles. The molecule has 0 saturated carbocycles. The summed E-state index contributed by atoms with van der Waals surface area (Å²) in [5, 5.41) is 4.64. The van der Waals surface area contributed by atoms with Gasteiger partial charge in [-0.15, -0.1) is 6.58 Å². The maximum absolute atomic E-state index is 12.4. The molecule has 0 unspecified atom stereocenters. The van der Waals surface area contributed by atoms with Crippen molar-refractivity contribution in [2.75, 3.05) is 0 Å². The van der Waals surface area contributed by atoms with Crippen LogP contribution in [0, 0.1) is 5.92 Å². The van der Waals surface area contributed by atoms with Crippen LogP contribution in [0.25, 0.3) is 21.5 Å². The summed E-state index contributed by atoms with van der Waals surface area (Å²) in [5.41, 5.74) is 2.24. The van der Waals surface area contributed by atoms with Gasteiger partial charge in [0.15, 0.2) is 0 Å². The molecule has 0 fully saturated rings. The number of esters is 1. The zero-order chi connectivity index (χ0) is 18.5. The number of hydrogen-bond donors (Lipinski definition) is 0. The third-order valence-electron chi connectivity index (χ3n) is 4.88. The summed E-state index contributed by atoms with van der Waals surface area (Å²) >= 11 is 0. The fraction of sp³-hybridized carbons (Fsp3) is 0.292. The van der Waals surface area contributed by atoms with E-state index in [0.717, 1.165) is 41.2 Å². The summed E-state index contributed by atoms with van der Waals surface area (Å²) in [5.74, 6) is -0.209. The van der Waals surface area contributed by atoms with Crippen molar-refractivity contribution in [3.63, 3.8) is 0 Å². The smallest absolute Gasteiger partial charge is 0.308 e. The highest BCUT2D eigenvalue weighted by atomic mass is 16.5. The summed E-state index contributed by atoms with van der Waals surface area (Å²) in [6, 6.07) is 18.7. The third kappa shape index (κ3) is 4.13. The van der Waals surface area contributed by atoms with Crippen LogP contribution in [0.15, 0.2) is 66.7 Å². The molecule has 3 aromatic rings. The summed E-state index contributed by atoms with van der Waals surface area (Å²) in [4.78, 5) is 12.4. The quantitative estimate of drug-likeness (QED) is 0.280. The molecule has 2 nitrogen and oxygen atoms in total. The second-order valence-electron chi connectivity index (χ2n) is 7.16. The van der Waals surface area contributed by atoms with Crippen LogP contribution in [0.2, 0.25) is 0 Å². The van der Waals surface area contributed by atoms with Crippen LogP contribution in [0.5, 0.6) is 0 Å². The van der Waals surface area contributed by atoms with Gasteiger partial charge in [0, 0.05) is 5.56 Å². The van der Waals surface area contributed by atoms with E-state index in [1.807, 2.05) is 38.1 Å². The van der Waals surface area contributed by atoms with Gasteiger partial charge >= 0.3 is 5.97 Å². The van der Waals surface area contributed by atoms with Crippen molar-refractivity contribution in [3.05, 3.63) is 72.3 Å². The van der Waals surface area contributed by atoms with Crippen LogP contribution >= 0.6 is 0 Å². The number of benzene rings is 3. The molecule has 0 radical (unpaired) electrons. The van der Waals surface area contributed by atoms with Crippen molar-refractivity contribution in [2.45, 2.75) is 39.7 Å². The van der Waals surface area contributed by atoms with E-state index in [-0.39, 0.29) is 11.9 Å². The van der Waals surface area contributed by atoms with E-state index in [2.05, 4.69) is 36.9 Å². The van der Waals surface area contributed by atoms with Crippen LogP contribution in [0.1, 0.15) is 38.7 Å². The van der Waals surface area contributed by atoms with Gasteiger partial charge < -0.3 is 4.74 Å². The molecule has 0 saturated heterocycles. The van der Waals surface area contributed by atoms with Crippen LogP contribution < -0.4 is 0 Å². The Morgan fingerprint density at radius 3 is 2.19 bits per heavy atom. The monoisotopic (exact) mass is 346 g/mol. The van der Waals surface area contributed by atoms with Crippen molar-refractivity contribution < 1.29 is 9.53 Å². The van der Waals surface area contributed by atoms with Crippen molar-refractivity contribution in [2.24, 2.45) is 5.92 Å². The van der Waals surface area contributed by atoms with Crippen molar-refractivity contribution in [1.29, 1.82) is 0 Å². The average Bonchev–Trinajstić information content (AvgIpc) is 2.64. The molecule has 134 valence electrons. The number of fused-ring (bicyclic) bond motifs is 2. The predicted octanol–water partition coefficient (Wildman–Crippen LogP) is 6.42. The largest absolute Gasteiger partial charge is 0.461 e. The topological polar surface area (TPSA) is 26.3 Å². The number of rotatable bonds is 7. The first kappa shape index (κ1) is 18.2. The summed E-state index contributed by atoms with van der Waals surface area (Å²) < 4.78 is 5.70. The lowest BCUT2D eigenvalue weighted by atomic mass is 9.97. The van der Waals surface area contributed by atoms with E-state index in [9.17, 15) is 4.79 Å². The molecular weight excluding hydrogens is 320 g/mol. The number of hydrogen-bond acceptors (Lipinski definition) is 2. The van der Waals surface area contributed by atoms with Crippen molar-refractivity contribution in [1.82, 2.24) is 0 Å². The lowest BCUT2D eigenvalue weighted by Crippen LogP contribution is -2.15. The van der Waals surface area contributed by atoms with Crippen LogP contribution in [-0.4, -0.2) is 5.97 Å². The summed E-state index contributed by atoms with van der Waals surface area (Å²) in [7, 11) is 0. The molecule has 0 spiro atoms. The van der Waals surface area contributed by atoms with Gasteiger partial charge in [0.2, 0.25) is 0 Å². The van der Waals surface area contributed by atoms with E-state index in [1.54, 1.807) is 0 Å². The third-order valence-corrected chi connectivity index (χ3v) is 4.88. The summed E-state index contributed by atoms with van der Waals surface area (Å²) in [6.45, 7) is 8.19. The van der Waals surface area contributed by atoms with E-state index < -0.39 is 0 Å². The first-order valence-electron chi connectivity index (χ1n) is 9.26. The van der Waals surface area contributed by atoms with Crippen LogP contribution in [-0.2, 0) is 16.1 Å². The molecule has 0 bridgehead atoms. The van der Waals surface area contributed by atoms with E-state index in [0.29, 0.717) is 6.61 Å². The Bertz CT molecular complexity index is 885. The second-order valence-corrected chi connectivity index (χ2v) is 7.16. The Hall–Kier alpha value is -2.61. The first-order valence-corrected chi connectivity index (χ1v) is 9.26. The van der Waals surface area contributed by atoms with Gasteiger partial charge in [-0.05, 0) is 53.8 Å². The Balaban J connectivity index is 1.79. The average molecular weight is 346 g/mol. The number of allylic oxidation sites excluding steroid dienone is 1. The van der Waals surface area contributed by atoms with Gasteiger partial charge in [-0.3, -0.25) is 4.79 Å². The van der Waals surface area contributed by atoms with Crippen molar-refractivity contribution in [3.8, 4) is 0 Å². The maximum Gasteiger partial charge on any atom is 0.308 e. The van der Waals surface area contributed by atoms with Crippen LogP contribution in [0.3, 0.4) is 0 Å². The fourth-order valence-electron chi connectivity index (χ4n) is 3.38. The van der Waals surface area contributed by atoms with Crippen molar-refractivity contribution >= 4 is 27.5 Å². The minimum atomic E-state index is -0.122. The van der Waals surface area contributed by atoms with E-state index in [1.165, 1.54) is 10.8 Å². The van der Waals surface area contributed by atoms with E-state index >= 15 is 0 Å². The normalized spacial score (nSPS) is 12.2. The Morgan fingerprint density at radius 2 is 1.62 bits per heavy atom. The van der Waals surface area contributed by atoms with Gasteiger partial charge in [-0.1, -0.05) is 61.0 Å². The molecule has 2 heteroatoms. The highest BCUT2D eigenvalue weighted by Gasteiger charge is 2.16. The number of carbonyl (C=O) groups is 1. The van der Waals surface area contributed by atoms with Gasteiger partial charge in [0.1, 0.15) is 6.61 Å². The molecule has 0 aromatic heterocycles. The second kappa shape index (κ2) is 8.18. The minimum Gasteiger partial charge on any atom is -0.461 e. The molecule has 1 atom stereocenters. The predicted molar refractivity (Wildman–Crippen MR) is 109 cm³/mol. The maximum atomic E-state index is 12.4. The Morgan fingerprint density at radius 1 is 1.04 bits per heavy atom. The van der Waals surface area contributed by atoms with Gasteiger partial charge in [0.25, 0.3) is 0 Å². The molecule has 0 aliphatic rings. The number of carbonyl (C=O) groups excluding carboxylic acids is 1. The SMILES string of the molecule is C=C(C)CCC[C@H](C)C(=O)OCc1c2ccccc2cc2ccccc12. The molecule has 0 aliphatic heterocycles. The molecular formula is C24H26O2. The highest BCUT2D eigenvalue weighted by molar-refractivity contribution is 6.02. The Labute approximate surface area is 155 Å². The first-order chi connectivity index (χ1) is 12.6. The highest BCUT2D eigenvalue weighted by Crippen LogP contribution is 2.29. The molecule has 3 rings (SSSR count). The van der Waals surface area contributed by atoms with E-state index in [4.69, 9.17) is 4.74 Å². The van der Waals surface area contributed by atoms with Gasteiger partial charge in [-0.2, -0.15) is 0 Å². The molecule has 0 heterocycles. The molecule has 26 heavy (non-hydrogen) atoms. The lowest BCUT2D eigenvalue weighted by molar-refractivity contribution is -0.149. The minimum absolute atomic E-state index is 0.0874. The van der Waals surface area contributed by atoms with Crippen LogP contribution in [0.4, 0.5) is 0 Å². The van der Waals surface area contributed by atoms with Gasteiger partial charge in [-0.25, -0.2) is 0 Å². The van der Waals surface area contributed by atoms with Gasteiger partial charge in [0.05, 0.1) is 5.92 Å². The zero-order valence-electron chi connectivity index (χ0n) is 15.6. The zero-order valence-corrected chi connectivity index (χ0v) is 15.6. The number of ether oxygens (including phenoxy) is 1. The Kier molecular flexibility index (Phi) is 5.72. The lowest BCUT2D eigenvalue weighted by Gasteiger charge is -2.15. The fourth-order valence-corrected chi connectivity index (χ4v) is 3.38. The molecule has 0 amide bonds. The summed E-state index contributed by atoms with van der Waals surface area (Å²) in [6.07, 6.45) is 2.77.